The standard InChI is InChI=1S/C11H13N3/c1-8(2)13-10-4-5-11-9(6-10)7-12-14(11)3/h4-7,13H,1H2,2-3H3. The normalized spacial score (nSPS) is 10.4. The van der Waals surface area contributed by atoms with Crippen LogP contribution < -0.4 is 5.32 Å². The first-order valence-electron chi connectivity index (χ1n) is 4.51. The van der Waals surface area contributed by atoms with Crippen LogP contribution in [0.2, 0.25) is 0 Å². The number of benzene rings is 1. The van der Waals surface area contributed by atoms with E-state index in [1.54, 1.807) is 0 Å². The lowest BCUT2D eigenvalue weighted by molar-refractivity contribution is 0.797. The molecule has 0 unspecified atom stereocenters. The van der Waals surface area contributed by atoms with E-state index in [0.29, 0.717) is 0 Å². The van der Waals surface area contributed by atoms with Crippen molar-refractivity contribution < 1.29 is 0 Å². The molecule has 0 bridgehead atoms. The van der Waals surface area contributed by atoms with E-state index in [1.807, 2.05) is 37.0 Å². The lowest BCUT2D eigenvalue weighted by Gasteiger charge is -2.04. The van der Waals surface area contributed by atoms with Gasteiger partial charge in [-0.2, -0.15) is 5.10 Å². The van der Waals surface area contributed by atoms with Crippen LogP contribution >= 0.6 is 0 Å². The Bertz CT molecular complexity index is 482. The summed E-state index contributed by atoms with van der Waals surface area (Å²) in [6.45, 7) is 5.74. The average Bonchev–Trinajstić information content (AvgIpc) is 2.46. The second kappa shape index (κ2) is 3.18. The molecule has 1 aromatic heterocycles. The highest BCUT2D eigenvalue weighted by atomic mass is 15.2. The van der Waals surface area contributed by atoms with Gasteiger partial charge < -0.3 is 5.32 Å². The zero-order valence-corrected chi connectivity index (χ0v) is 8.41. The maximum Gasteiger partial charge on any atom is 0.0680 e. The topological polar surface area (TPSA) is 29.9 Å². The van der Waals surface area contributed by atoms with Crippen LogP contribution in [-0.2, 0) is 7.05 Å². The number of allylic oxidation sites excluding steroid dienone is 1. The van der Waals surface area contributed by atoms with E-state index >= 15 is 0 Å². The molecule has 0 aliphatic carbocycles. The monoisotopic (exact) mass is 187 g/mol. The van der Waals surface area contributed by atoms with Crippen molar-refractivity contribution in [3.63, 3.8) is 0 Å². The van der Waals surface area contributed by atoms with Gasteiger partial charge in [0.25, 0.3) is 0 Å². The molecule has 1 heterocycles. The molecule has 2 aromatic rings. The van der Waals surface area contributed by atoms with E-state index in [4.69, 9.17) is 0 Å². The summed E-state index contributed by atoms with van der Waals surface area (Å²) in [5.74, 6) is 0. The van der Waals surface area contributed by atoms with Gasteiger partial charge in [-0.3, -0.25) is 4.68 Å². The van der Waals surface area contributed by atoms with Gasteiger partial charge in [-0.15, -0.1) is 0 Å². The van der Waals surface area contributed by atoms with E-state index in [-0.39, 0.29) is 0 Å². The molecule has 0 aliphatic rings. The first-order valence-corrected chi connectivity index (χ1v) is 4.51. The average molecular weight is 187 g/mol. The molecule has 0 spiro atoms. The summed E-state index contributed by atoms with van der Waals surface area (Å²) < 4.78 is 1.86. The smallest absolute Gasteiger partial charge is 0.0680 e. The summed E-state index contributed by atoms with van der Waals surface area (Å²) in [4.78, 5) is 0. The highest BCUT2D eigenvalue weighted by Crippen LogP contribution is 2.18. The molecule has 0 atom stereocenters. The number of nitrogens with one attached hydrogen (secondary N) is 1. The Kier molecular flexibility index (Phi) is 2.00. The van der Waals surface area contributed by atoms with Crippen LogP contribution in [-0.4, -0.2) is 9.78 Å². The molecule has 0 saturated heterocycles. The quantitative estimate of drug-likeness (QED) is 0.782. The first-order chi connectivity index (χ1) is 6.66. The van der Waals surface area contributed by atoms with Crippen molar-refractivity contribution >= 4 is 16.6 Å². The highest BCUT2D eigenvalue weighted by molar-refractivity contribution is 5.82. The number of rotatable bonds is 2. The number of nitrogens with zero attached hydrogens (tertiary/aromatic N) is 2. The zero-order valence-electron chi connectivity index (χ0n) is 8.41. The third-order valence-corrected chi connectivity index (χ3v) is 2.10. The summed E-state index contributed by atoms with van der Waals surface area (Å²) in [6, 6.07) is 6.14. The molecule has 0 fully saturated rings. The summed E-state index contributed by atoms with van der Waals surface area (Å²) in [5, 5.41) is 8.49. The molecular formula is C11H13N3. The van der Waals surface area contributed by atoms with Crippen molar-refractivity contribution in [2.75, 3.05) is 5.32 Å². The number of anilines is 1. The van der Waals surface area contributed by atoms with E-state index in [1.165, 1.54) is 0 Å². The minimum atomic E-state index is 0.938. The molecule has 72 valence electrons. The molecule has 14 heavy (non-hydrogen) atoms. The predicted molar refractivity (Wildman–Crippen MR) is 59.2 cm³/mol. The van der Waals surface area contributed by atoms with Gasteiger partial charge in [0, 0.05) is 23.8 Å². The minimum Gasteiger partial charge on any atom is -0.360 e. The van der Waals surface area contributed by atoms with Crippen molar-refractivity contribution in [1.29, 1.82) is 0 Å². The summed E-state index contributed by atoms with van der Waals surface area (Å²) in [6.07, 6.45) is 1.86. The number of aryl methyl sites for hydroxylation is 1. The lowest BCUT2D eigenvalue weighted by Crippen LogP contribution is -1.93. The van der Waals surface area contributed by atoms with Crippen LogP contribution in [0.1, 0.15) is 6.92 Å². The fourth-order valence-corrected chi connectivity index (χ4v) is 1.49. The van der Waals surface area contributed by atoms with Crippen LogP contribution in [0.3, 0.4) is 0 Å². The Balaban J connectivity index is 2.46. The van der Waals surface area contributed by atoms with Crippen molar-refractivity contribution in [2.45, 2.75) is 6.92 Å². The van der Waals surface area contributed by atoms with Gasteiger partial charge in [-0.25, -0.2) is 0 Å². The molecule has 3 heteroatoms. The minimum absolute atomic E-state index is 0.938. The van der Waals surface area contributed by atoms with E-state index < -0.39 is 0 Å². The molecule has 3 nitrogen and oxygen atoms in total. The Hall–Kier alpha value is -1.77. The third-order valence-electron chi connectivity index (χ3n) is 2.10. The largest absolute Gasteiger partial charge is 0.360 e. The zero-order chi connectivity index (χ0) is 10.1. The molecule has 1 aromatic carbocycles. The van der Waals surface area contributed by atoms with E-state index in [2.05, 4.69) is 23.1 Å². The summed E-state index contributed by atoms with van der Waals surface area (Å²) in [7, 11) is 1.94. The summed E-state index contributed by atoms with van der Waals surface area (Å²) >= 11 is 0. The number of hydrogen-bond donors (Lipinski definition) is 1. The molecule has 0 radical (unpaired) electrons. The van der Waals surface area contributed by atoms with Crippen molar-refractivity contribution in [1.82, 2.24) is 9.78 Å². The van der Waals surface area contributed by atoms with Crippen molar-refractivity contribution in [3.05, 3.63) is 36.7 Å². The number of hydrogen-bond acceptors (Lipinski definition) is 2. The molecular weight excluding hydrogens is 174 g/mol. The van der Waals surface area contributed by atoms with E-state index in [0.717, 1.165) is 22.3 Å². The van der Waals surface area contributed by atoms with Crippen LogP contribution in [0.15, 0.2) is 36.7 Å². The van der Waals surface area contributed by atoms with Crippen LogP contribution in [0.5, 0.6) is 0 Å². The van der Waals surface area contributed by atoms with Gasteiger partial charge in [0.2, 0.25) is 0 Å². The van der Waals surface area contributed by atoms with E-state index in [9.17, 15) is 0 Å². The summed E-state index contributed by atoms with van der Waals surface area (Å²) in [5.41, 5.74) is 3.13. The molecule has 1 N–H and O–H groups in total. The maximum atomic E-state index is 4.18. The first kappa shape index (κ1) is 8.81. The van der Waals surface area contributed by atoms with Crippen LogP contribution in [0.4, 0.5) is 5.69 Å². The Morgan fingerprint density at radius 2 is 2.29 bits per heavy atom. The Morgan fingerprint density at radius 1 is 1.50 bits per heavy atom. The second-order valence-corrected chi connectivity index (χ2v) is 3.45. The molecule has 2 rings (SSSR count). The lowest BCUT2D eigenvalue weighted by atomic mass is 10.2. The predicted octanol–water partition coefficient (Wildman–Crippen LogP) is 2.52. The number of fused-ring (bicyclic) bond motifs is 1. The molecule has 0 amide bonds. The van der Waals surface area contributed by atoms with Crippen molar-refractivity contribution in [3.8, 4) is 0 Å². The molecule has 0 saturated carbocycles. The van der Waals surface area contributed by atoms with Crippen molar-refractivity contribution in [2.24, 2.45) is 7.05 Å². The van der Waals surface area contributed by atoms with Gasteiger partial charge in [0.15, 0.2) is 0 Å². The number of aromatic nitrogens is 2. The maximum absolute atomic E-state index is 4.18. The Morgan fingerprint density at radius 3 is 3.00 bits per heavy atom. The Labute approximate surface area is 83.0 Å². The van der Waals surface area contributed by atoms with Gasteiger partial charge in [-0.05, 0) is 25.1 Å². The van der Waals surface area contributed by atoms with Gasteiger partial charge in [0.05, 0.1) is 11.7 Å². The fourth-order valence-electron chi connectivity index (χ4n) is 1.49. The van der Waals surface area contributed by atoms with Gasteiger partial charge in [0.1, 0.15) is 0 Å². The SMILES string of the molecule is C=C(C)Nc1ccc2c(cnn2C)c1. The highest BCUT2D eigenvalue weighted by Gasteiger charge is 1.99. The van der Waals surface area contributed by atoms with Crippen LogP contribution in [0.25, 0.3) is 10.9 Å². The third kappa shape index (κ3) is 1.48. The molecule has 0 aliphatic heterocycles. The second-order valence-electron chi connectivity index (χ2n) is 3.45. The van der Waals surface area contributed by atoms with Gasteiger partial charge in [-0.1, -0.05) is 6.58 Å². The van der Waals surface area contributed by atoms with Crippen LogP contribution in [0, 0.1) is 0 Å². The van der Waals surface area contributed by atoms with Gasteiger partial charge >= 0.3 is 0 Å². The fraction of sp³-hybridized carbons (Fsp3) is 0.182.